The fourth-order valence-electron chi connectivity index (χ4n) is 2.04. The van der Waals surface area contributed by atoms with Crippen LogP contribution in [0, 0.1) is 24.3 Å². The average Bonchev–Trinajstić information content (AvgIpc) is 2.67. The van der Waals surface area contributed by atoms with Crippen LogP contribution in [0.15, 0.2) is 17.2 Å². The zero-order valence-electron chi connectivity index (χ0n) is 11.9. The van der Waals surface area contributed by atoms with Crippen LogP contribution in [0.3, 0.4) is 0 Å². The van der Waals surface area contributed by atoms with Gasteiger partial charge in [0.25, 0.3) is 5.56 Å². The van der Waals surface area contributed by atoms with Crippen molar-refractivity contribution in [2.45, 2.75) is 27.3 Å². The van der Waals surface area contributed by atoms with Crippen molar-refractivity contribution >= 4 is 28.4 Å². The Morgan fingerprint density at radius 3 is 2.55 bits per heavy atom. The van der Waals surface area contributed by atoms with E-state index in [2.05, 4.69) is 4.98 Å². The molecule has 2 rings (SSSR count). The summed E-state index contributed by atoms with van der Waals surface area (Å²) in [6, 6.07) is 1.86. The lowest BCUT2D eigenvalue weighted by Crippen LogP contribution is -2.27. The van der Waals surface area contributed by atoms with Gasteiger partial charge in [-0.25, -0.2) is 4.98 Å². The standard InChI is InChI=1S/C14H16IN3O2/c1-8-5-11(10(3)17(8)4)12(19)6-18-7-16-9(2)13(15)14(18)20/h5,7H,6H2,1-4H3. The monoisotopic (exact) mass is 385 g/mol. The Morgan fingerprint density at radius 2 is 2.00 bits per heavy atom. The summed E-state index contributed by atoms with van der Waals surface area (Å²) in [7, 11) is 1.92. The van der Waals surface area contributed by atoms with Crippen LogP contribution in [0.25, 0.3) is 0 Å². The van der Waals surface area contributed by atoms with Gasteiger partial charge < -0.3 is 4.57 Å². The zero-order chi connectivity index (χ0) is 15.0. The number of rotatable bonds is 3. The van der Waals surface area contributed by atoms with Crippen LogP contribution in [-0.4, -0.2) is 19.9 Å². The molecule has 0 amide bonds. The van der Waals surface area contributed by atoms with Gasteiger partial charge >= 0.3 is 0 Å². The van der Waals surface area contributed by atoms with Gasteiger partial charge in [0.15, 0.2) is 5.78 Å². The molecule has 106 valence electrons. The highest BCUT2D eigenvalue weighted by Crippen LogP contribution is 2.14. The predicted molar refractivity (Wildman–Crippen MR) is 85.2 cm³/mol. The Kier molecular flexibility index (Phi) is 4.12. The lowest BCUT2D eigenvalue weighted by molar-refractivity contribution is 0.0969. The number of carbonyl (C=O) groups excluding carboxylic acids is 1. The first-order valence-electron chi connectivity index (χ1n) is 6.20. The molecule has 0 spiro atoms. The van der Waals surface area contributed by atoms with Crippen molar-refractivity contribution in [3.8, 4) is 0 Å². The summed E-state index contributed by atoms with van der Waals surface area (Å²) in [5.74, 6) is -0.0743. The second-order valence-corrected chi connectivity index (χ2v) is 5.92. The van der Waals surface area contributed by atoms with E-state index in [1.54, 1.807) is 6.92 Å². The molecule has 2 aromatic heterocycles. The number of hydrogen-bond donors (Lipinski definition) is 0. The van der Waals surface area contributed by atoms with Crippen LogP contribution >= 0.6 is 22.6 Å². The average molecular weight is 385 g/mol. The molecule has 0 aliphatic carbocycles. The Hall–Kier alpha value is -1.44. The molecule has 5 nitrogen and oxygen atoms in total. The third kappa shape index (κ3) is 2.56. The van der Waals surface area contributed by atoms with Crippen LogP contribution < -0.4 is 5.56 Å². The minimum absolute atomic E-state index is 0.0202. The van der Waals surface area contributed by atoms with E-state index in [4.69, 9.17) is 0 Å². The van der Waals surface area contributed by atoms with E-state index in [1.165, 1.54) is 10.9 Å². The summed E-state index contributed by atoms with van der Waals surface area (Å²) in [6.45, 7) is 5.65. The maximum atomic E-state index is 12.3. The summed E-state index contributed by atoms with van der Waals surface area (Å²) in [5, 5.41) is 0. The fraction of sp³-hybridized carbons (Fsp3) is 0.357. The summed E-state index contributed by atoms with van der Waals surface area (Å²) >= 11 is 1.96. The van der Waals surface area contributed by atoms with Crippen molar-refractivity contribution in [1.82, 2.24) is 14.1 Å². The largest absolute Gasteiger partial charge is 0.351 e. The van der Waals surface area contributed by atoms with Gasteiger partial charge in [-0.1, -0.05) is 0 Å². The van der Waals surface area contributed by atoms with Crippen LogP contribution in [0.5, 0.6) is 0 Å². The first kappa shape index (κ1) is 15.0. The summed E-state index contributed by atoms with van der Waals surface area (Å²) in [4.78, 5) is 28.5. The van der Waals surface area contributed by atoms with Crippen molar-refractivity contribution in [3.05, 3.63) is 49.0 Å². The number of ketones is 1. The van der Waals surface area contributed by atoms with E-state index >= 15 is 0 Å². The summed E-state index contributed by atoms with van der Waals surface area (Å²) in [6.07, 6.45) is 1.43. The van der Waals surface area contributed by atoms with E-state index in [1.807, 2.05) is 54.1 Å². The molecule has 2 heterocycles. The molecule has 0 atom stereocenters. The van der Waals surface area contributed by atoms with Gasteiger partial charge in [-0.15, -0.1) is 0 Å². The number of Topliss-reactive ketones (excluding diaryl/α,β-unsaturated/α-hetero) is 1. The van der Waals surface area contributed by atoms with Crippen molar-refractivity contribution in [2.75, 3.05) is 0 Å². The molecule has 2 aromatic rings. The minimum Gasteiger partial charge on any atom is -0.351 e. The molecular weight excluding hydrogens is 369 g/mol. The van der Waals surface area contributed by atoms with E-state index in [0.29, 0.717) is 14.8 Å². The SMILES string of the molecule is Cc1ncn(CC(=O)c2cc(C)n(C)c2C)c(=O)c1I. The molecule has 0 saturated heterocycles. The second kappa shape index (κ2) is 5.51. The Bertz CT molecular complexity index is 744. The quantitative estimate of drug-likeness (QED) is 0.600. The molecule has 0 aromatic carbocycles. The lowest BCUT2D eigenvalue weighted by atomic mass is 10.1. The zero-order valence-corrected chi connectivity index (χ0v) is 14.1. The third-order valence-corrected chi connectivity index (χ3v) is 4.79. The Balaban J connectivity index is 2.35. The van der Waals surface area contributed by atoms with E-state index < -0.39 is 0 Å². The number of aryl methyl sites for hydroxylation is 2. The molecule has 0 aliphatic heterocycles. The molecule has 0 aliphatic rings. The van der Waals surface area contributed by atoms with Gasteiger partial charge in [0, 0.05) is 24.0 Å². The number of nitrogens with zero attached hydrogens (tertiary/aromatic N) is 3. The van der Waals surface area contributed by atoms with Crippen LogP contribution in [0.2, 0.25) is 0 Å². The van der Waals surface area contributed by atoms with Gasteiger partial charge in [-0.3, -0.25) is 14.2 Å². The van der Waals surface area contributed by atoms with Crippen molar-refractivity contribution in [1.29, 1.82) is 0 Å². The van der Waals surface area contributed by atoms with E-state index in [9.17, 15) is 9.59 Å². The molecule has 0 radical (unpaired) electrons. The van der Waals surface area contributed by atoms with Gasteiger partial charge in [-0.05, 0) is 49.4 Å². The molecule has 20 heavy (non-hydrogen) atoms. The highest BCUT2D eigenvalue weighted by molar-refractivity contribution is 14.1. The Labute approximate surface area is 130 Å². The highest BCUT2D eigenvalue weighted by Gasteiger charge is 2.16. The topological polar surface area (TPSA) is 56.9 Å². The van der Waals surface area contributed by atoms with Gasteiger partial charge in [0.1, 0.15) is 0 Å². The molecule has 0 bridgehead atoms. The molecule has 6 heteroatoms. The van der Waals surface area contributed by atoms with E-state index in [0.717, 1.165) is 11.4 Å². The van der Waals surface area contributed by atoms with Crippen LogP contribution in [0.1, 0.15) is 27.4 Å². The maximum Gasteiger partial charge on any atom is 0.267 e. The van der Waals surface area contributed by atoms with Crippen LogP contribution in [0.4, 0.5) is 0 Å². The molecule has 0 saturated carbocycles. The van der Waals surface area contributed by atoms with Crippen molar-refractivity contribution in [2.24, 2.45) is 7.05 Å². The van der Waals surface area contributed by atoms with Crippen molar-refractivity contribution < 1.29 is 4.79 Å². The summed E-state index contributed by atoms with van der Waals surface area (Å²) in [5.41, 5.74) is 3.11. The highest BCUT2D eigenvalue weighted by atomic mass is 127. The van der Waals surface area contributed by atoms with Gasteiger partial charge in [0.2, 0.25) is 0 Å². The first-order chi connectivity index (χ1) is 9.32. The van der Waals surface area contributed by atoms with Gasteiger partial charge in [0.05, 0.1) is 22.1 Å². The van der Waals surface area contributed by atoms with Crippen molar-refractivity contribution in [3.63, 3.8) is 0 Å². The van der Waals surface area contributed by atoms with Gasteiger partial charge in [-0.2, -0.15) is 0 Å². The third-order valence-electron chi connectivity index (χ3n) is 3.55. The number of aromatic nitrogens is 3. The van der Waals surface area contributed by atoms with E-state index in [-0.39, 0.29) is 17.9 Å². The normalized spacial score (nSPS) is 10.8. The maximum absolute atomic E-state index is 12.3. The number of carbonyl (C=O) groups is 1. The second-order valence-electron chi connectivity index (χ2n) is 4.84. The predicted octanol–water partition coefficient (Wildman–Crippen LogP) is 1.99. The molecule has 0 unspecified atom stereocenters. The smallest absolute Gasteiger partial charge is 0.267 e. The number of halogens is 1. The number of hydrogen-bond acceptors (Lipinski definition) is 3. The molecule has 0 fully saturated rings. The summed E-state index contributed by atoms with van der Waals surface area (Å²) < 4.78 is 3.88. The van der Waals surface area contributed by atoms with Crippen LogP contribution in [-0.2, 0) is 13.6 Å². The molecule has 0 N–H and O–H groups in total. The first-order valence-corrected chi connectivity index (χ1v) is 7.28. The fourth-order valence-corrected chi connectivity index (χ4v) is 2.49. The lowest BCUT2D eigenvalue weighted by Gasteiger charge is -2.06. The minimum atomic E-state index is -0.170. The Morgan fingerprint density at radius 1 is 1.35 bits per heavy atom. The molecular formula is C14H16IN3O2.